The maximum atomic E-state index is 11.3. The van der Waals surface area contributed by atoms with Crippen LogP contribution in [0, 0.1) is 10.1 Å². The maximum absolute atomic E-state index is 11.3. The van der Waals surface area contributed by atoms with Crippen molar-refractivity contribution in [2.75, 3.05) is 31.3 Å². The van der Waals surface area contributed by atoms with Crippen molar-refractivity contribution >= 4 is 17.2 Å². The molecule has 0 aromatic heterocycles. The lowest BCUT2D eigenvalue weighted by molar-refractivity contribution is -0.384. The highest BCUT2D eigenvalue weighted by molar-refractivity contribution is 5.98. The molecule has 1 heterocycles. The molecular formula is C12H16N4O5. The Hall–Kier alpha value is -2.39. The summed E-state index contributed by atoms with van der Waals surface area (Å²) in [6.45, 7) is 0.999. The lowest BCUT2D eigenvalue weighted by atomic mass is 10.1. The van der Waals surface area contributed by atoms with E-state index in [1.807, 2.05) is 0 Å². The molecule has 1 aromatic carbocycles. The molecule has 1 atom stereocenters. The number of aliphatic hydroxyl groups excluding tert-OH is 1. The molecule has 0 amide bonds. The standard InChI is InChI=1S/C12H16N4O5/c13-12(14-18)8-1-2-10(11(5-8)16(19)20)15-3-4-21-7-9(15)6-17/h1-2,5,9,17-18H,3-4,6-7H2,(H2,13,14). The van der Waals surface area contributed by atoms with E-state index >= 15 is 0 Å². The third-order valence-corrected chi connectivity index (χ3v) is 3.32. The minimum absolute atomic E-state index is 0.167. The van der Waals surface area contributed by atoms with Crippen molar-refractivity contribution in [2.45, 2.75) is 6.04 Å². The van der Waals surface area contributed by atoms with Gasteiger partial charge in [0.1, 0.15) is 5.69 Å². The molecule has 21 heavy (non-hydrogen) atoms. The molecule has 2 rings (SSSR count). The Morgan fingerprint density at radius 1 is 1.62 bits per heavy atom. The summed E-state index contributed by atoms with van der Waals surface area (Å²) >= 11 is 0. The maximum Gasteiger partial charge on any atom is 0.293 e. The SMILES string of the molecule is N/C(=N/O)c1ccc(N2CCOCC2CO)c([N+](=O)[O-])c1. The van der Waals surface area contributed by atoms with Crippen LogP contribution in [0.5, 0.6) is 0 Å². The smallest absolute Gasteiger partial charge is 0.293 e. The predicted molar refractivity (Wildman–Crippen MR) is 74.6 cm³/mol. The zero-order valence-electron chi connectivity index (χ0n) is 11.2. The van der Waals surface area contributed by atoms with Crippen LogP contribution in [0.15, 0.2) is 23.4 Å². The number of hydrogen-bond acceptors (Lipinski definition) is 7. The second kappa shape index (κ2) is 6.37. The van der Waals surface area contributed by atoms with Gasteiger partial charge in [0.15, 0.2) is 5.84 Å². The quantitative estimate of drug-likeness (QED) is 0.232. The predicted octanol–water partition coefficient (Wildman–Crippen LogP) is -0.113. The van der Waals surface area contributed by atoms with Gasteiger partial charge in [0.05, 0.1) is 30.8 Å². The van der Waals surface area contributed by atoms with Gasteiger partial charge < -0.3 is 25.7 Å². The van der Waals surface area contributed by atoms with Crippen LogP contribution in [0.25, 0.3) is 0 Å². The van der Waals surface area contributed by atoms with Crippen molar-refractivity contribution in [3.8, 4) is 0 Å². The molecule has 9 heteroatoms. The highest BCUT2D eigenvalue weighted by Gasteiger charge is 2.28. The summed E-state index contributed by atoms with van der Waals surface area (Å²) < 4.78 is 5.26. The van der Waals surface area contributed by atoms with Gasteiger partial charge in [-0.2, -0.15) is 0 Å². The molecular weight excluding hydrogens is 280 g/mol. The number of nitro groups is 1. The van der Waals surface area contributed by atoms with Crippen LogP contribution in [-0.2, 0) is 4.74 Å². The number of hydrogen-bond donors (Lipinski definition) is 3. The number of morpholine rings is 1. The van der Waals surface area contributed by atoms with E-state index in [2.05, 4.69) is 5.16 Å². The molecule has 1 unspecified atom stereocenters. The molecule has 0 radical (unpaired) electrons. The Bertz CT molecular complexity index is 563. The number of anilines is 1. The molecule has 4 N–H and O–H groups in total. The minimum Gasteiger partial charge on any atom is -0.409 e. The van der Waals surface area contributed by atoms with Gasteiger partial charge in [-0.25, -0.2) is 0 Å². The number of benzene rings is 1. The summed E-state index contributed by atoms with van der Waals surface area (Å²) in [6.07, 6.45) is 0. The zero-order valence-corrected chi connectivity index (χ0v) is 11.2. The van der Waals surface area contributed by atoms with E-state index in [9.17, 15) is 15.2 Å². The van der Waals surface area contributed by atoms with Crippen molar-refractivity contribution < 1.29 is 20.0 Å². The Labute approximate surface area is 120 Å². The molecule has 0 bridgehead atoms. The van der Waals surface area contributed by atoms with E-state index in [0.717, 1.165) is 0 Å². The van der Waals surface area contributed by atoms with Crippen molar-refractivity contribution in [3.63, 3.8) is 0 Å². The fraction of sp³-hybridized carbons (Fsp3) is 0.417. The van der Waals surface area contributed by atoms with Gasteiger partial charge in [0, 0.05) is 18.2 Å². The molecule has 1 saturated heterocycles. The summed E-state index contributed by atoms with van der Waals surface area (Å²) in [5.41, 5.74) is 5.91. The number of ether oxygens (including phenoxy) is 1. The van der Waals surface area contributed by atoms with Crippen LogP contribution in [-0.4, -0.2) is 53.5 Å². The van der Waals surface area contributed by atoms with Gasteiger partial charge in [-0.1, -0.05) is 5.16 Å². The number of amidine groups is 1. The highest BCUT2D eigenvalue weighted by atomic mass is 16.6. The topological polar surface area (TPSA) is 134 Å². The number of oxime groups is 1. The van der Waals surface area contributed by atoms with Crippen LogP contribution >= 0.6 is 0 Å². The summed E-state index contributed by atoms with van der Waals surface area (Å²) in [6, 6.07) is 3.96. The van der Waals surface area contributed by atoms with Crippen molar-refractivity contribution in [1.29, 1.82) is 0 Å². The van der Waals surface area contributed by atoms with Crippen molar-refractivity contribution in [1.82, 2.24) is 0 Å². The lowest BCUT2D eigenvalue weighted by Crippen LogP contribution is -2.47. The van der Waals surface area contributed by atoms with Crippen LogP contribution in [0.3, 0.4) is 0 Å². The summed E-state index contributed by atoms with van der Waals surface area (Å²) in [7, 11) is 0. The Balaban J connectivity index is 2.45. The Morgan fingerprint density at radius 2 is 2.38 bits per heavy atom. The fourth-order valence-electron chi connectivity index (χ4n) is 2.25. The summed E-state index contributed by atoms with van der Waals surface area (Å²) in [5.74, 6) is -0.203. The van der Waals surface area contributed by atoms with Crippen LogP contribution in [0.4, 0.5) is 11.4 Å². The molecule has 1 fully saturated rings. The first kappa shape index (κ1) is 15.0. The average molecular weight is 296 g/mol. The van der Waals surface area contributed by atoms with E-state index < -0.39 is 4.92 Å². The van der Waals surface area contributed by atoms with E-state index in [1.54, 1.807) is 4.90 Å². The Kier molecular flexibility index (Phi) is 4.55. The van der Waals surface area contributed by atoms with Crippen LogP contribution in [0.2, 0.25) is 0 Å². The molecule has 0 saturated carbocycles. The lowest BCUT2D eigenvalue weighted by Gasteiger charge is -2.35. The average Bonchev–Trinajstić information content (AvgIpc) is 2.53. The molecule has 0 aliphatic carbocycles. The molecule has 1 aromatic rings. The van der Waals surface area contributed by atoms with Gasteiger partial charge in [0.2, 0.25) is 0 Å². The first-order valence-electron chi connectivity index (χ1n) is 6.30. The zero-order chi connectivity index (χ0) is 15.4. The number of nitro benzene ring substituents is 1. The van der Waals surface area contributed by atoms with Crippen molar-refractivity contribution in [3.05, 3.63) is 33.9 Å². The first-order valence-corrected chi connectivity index (χ1v) is 6.30. The molecule has 1 aliphatic rings. The second-order valence-electron chi connectivity index (χ2n) is 4.55. The largest absolute Gasteiger partial charge is 0.409 e. The van der Waals surface area contributed by atoms with Gasteiger partial charge in [-0.15, -0.1) is 0 Å². The fourth-order valence-corrected chi connectivity index (χ4v) is 2.25. The number of rotatable bonds is 4. The van der Waals surface area contributed by atoms with Gasteiger partial charge in [0.25, 0.3) is 5.69 Å². The van der Waals surface area contributed by atoms with Gasteiger partial charge >= 0.3 is 0 Å². The van der Waals surface area contributed by atoms with Gasteiger partial charge in [-0.3, -0.25) is 10.1 Å². The number of nitrogens with two attached hydrogens (primary N) is 1. The molecule has 0 spiro atoms. The van der Waals surface area contributed by atoms with Crippen LogP contribution in [0.1, 0.15) is 5.56 Å². The third kappa shape index (κ3) is 3.03. The van der Waals surface area contributed by atoms with Crippen LogP contribution < -0.4 is 10.6 Å². The highest BCUT2D eigenvalue weighted by Crippen LogP contribution is 2.31. The van der Waals surface area contributed by atoms with E-state index in [1.165, 1.54) is 18.2 Å². The van der Waals surface area contributed by atoms with Gasteiger partial charge in [-0.05, 0) is 12.1 Å². The van der Waals surface area contributed by atoms with E-state index in [0.29, 0.717) is 25.4 Å². The van der Waals surface area contributed by atoms with E-state index in [-0.39, 0.29) is 29.7 Å². The summed E-state index contributed by atoms with van der Waals surface area (Å²) in [4.78, 5) is 12.5. The summed E-state index contributed by atoms with van der Waals surface area (Å²) in [5, 5.41) is 32.1. The third-order valence-electron chi connectivity index (χ3n) is 3.32. The normalized spacial score (nSPS) is 19.6. The number of nitrogens with zero attached hydrogens (tertiary/aromatic N) is 3. The first-order chi connectivity index (χ1) is 10.1. The number of aliphatic hydroxyl groups is 1. The minimum atomic E-state index is -0.534. The molecule has 1 aliphatic heterocycles. The van der Waals surface area contributed by atoms with Crippen molar-refractivity contribution in [2.24, 2.45) is 10.9 Å². The monoisotopic (exact) mass is 296 g/mol. The molecule has 114 valence electrons. The van der Waals surface area contributed by atoms with E-state index in [4.69, 9.17) is 15.7 Å². The molecule has 9 nitrogen and oxygen atoms in total. The second-order valence-corrected chi connectivity index (χ2v) is 4.55. The Morgan fingerprint density at radius 3 is 3.00 bits per heavy atom.